The van der Waals surface area contributed by atoms with E-state index >= 15 is 0 Å². The number of rotatable bonds is 5. The highest BCUT2D eigenvalue weighted by molar-refractivity contribution is 5.76. The first-order chi connectivity index (χ1) is 11.6. The van der Waals surface area contributed by atoms with Gasteiger partial charge in [0.05, 0.1) is 25.5 Å². The second kappa shape index (κ2) is 7.15. The average molecular weight is 329 g/mol. The molecule has 1 aliphatic rings. The molecule has 1 fully saturated rings. The minimum Gasteiger partial charge on any atom is -0.390 e. The first kappa shape index (κ1) is 16.7. The summed E-state index contributed by atoms with van der Waals surface area (Å²) in [4.78, 5) is 18.1. The third kappa shape index (κ3) is 3.83. The van der Waals surface area contributed by atoms with Crippen molar-refractivity contribution in [3.8, 4) is 0 Å². The second-order valence-electron chi connectivity index (χ2n) is 6.44. The molecule has 2 heterocycles. The van der Waals surface area contributed by atoms with Gasteiger partial charge in [0.25, 0.3) is 0 Å². The number of aliphatic hydroxyl groups excluding tert-OH is 1. The van der Waals surface area contributed by atoms with Gasteiger partial charge in [-0.2, -0.15) is 0 Å². The van der Waals surface area contributed by atoms with Crippen molar-refractivity contribution >= 4 is 5.91 Å². The molecule has 24 heavy (non-hydrogen) atoms. The largest absolute Gasteiger partial charge is 0.390 e. The summed E-state index contributed by atoms with van der Waals surface area (Å²) in [7, 11) is 0. The van der Waals surface area contributed by atoms with Gasteiger partial charge in [-0.3, -0.25) is 4.79 Å². The van der Waals surface area contributed by atoms with Crippen LogP contribution in [0.5, 0.6) is 0 Å². The third-order valence-corrected chi connectivity index (χ3v) is 4.60. The summed E-state index contributed by atoms with van der Waals surface area (Å²) in [5.41, 5.74) is -0.224. The van der Waals surface area contributed by atoms with E-state index in [1.165, 1.54) is 0 Å². The van der Waals surface area contributed by atoms with Gasteiger partial charge in [0.2, 0.25) is 5.91 Å². The summed E-state index contributed by atoms with van der Waals surface area (Å²) < 4.78 is 1.72. The number of nitrogens with zero attached hydrogens (tertiary/aromatic N) is 3. The van der Waals surface area contributed by atoms with Crippen molar-refractivity contribution in [1.29, 1.82) is 0 Å². The summed E-state index contributed by atoms with van der Waals surface area (Å²) in [5.74, 6) is 0.00908. The maximum absolute atomic E-state index is 12.5. The first-order valence-electron chi connectivity index (χ1n) is 8.25. The van der Waals surface area contributed by atoms with Crippen molar-refractivity contribution in [3.05, 3.63) is 54.6 Å². The van der Waals surface area contributed by atoms with E-state index in [1.807, 2.05) is 30.3 Å². The highest BCUT2D eigenvalue weighted by Gasteiger charge is 2.42. The van der Waals surface area contributed by atoms with Gasteiger partial charge in [-0.05, 0) is 18.4 Å². The number of benzene rings is 1. The zero-order valence-electron chi connectivity index (χ0n) is 13.6. The van der Waals surface area contributed by atoms with E-state index in [1.54, 1.807) is 28.2 Å². The molecule has 2 atom stereocenters. The van der Waals surface area contributed by atoms with Crippen LogP contribution >= 0.6 is 0 Å². The van der Waals surface area contributed by atoms with E-state index in [2.05, 4.69) is 4.98 Å². The lowest BCUT2D eigenvalue weighted by Gasteiger charge is -2.42. The Morgan fingerprint density at radius 3 is 2.83 bits per heavy atom. The van der Waals surface area contributed by atoms with Crippen molar-refractivity contribution in [2.75, 3.05) is 13.1 Å². The van der Waals surface area contributed by atoms with Gasteiger partial charge < -0.3 is 19.7 Å². The lowest BCUT2D eigenvalue weighted by atomic mass is 9.89. The van der Waals surface area contributed by atoms with Crippen LogP contribution in [0, 0.1) is 0 Å². The fourth-order valence-electron chi connectivity index (χ4n) is 3.18. The van der Waals surface area contributed by atoms with E-state index in [4.69, 9.17) is 0 Å². The lowest BCUT2D eigenvalue weighted by Crippen LogP contribution is -2.60. The predicted octanol–water partition coefficient (Wildman–Crippen LogP) is 0.840. The third-order valence-electron chi connectivity index (χ3n) is 4.60. The smallest absolute Gasteiger partial charge is 0.223 e. The quantitative estimate of drug-likeness (QED) is 0.852. The molecule has 0 aliphatic carbocycles. The minimum absolute atomic E-state index is 0.00908. The van der Waals surface area contributed by atoms with Crippen molar-refractivity contribution < 1.29 is 15.0 Å². The van der Waals surface area contributed by atoms with E-state index in [9.17, 15) is 15.0 Å². The van der Waals surface area contributed by atoms with Gasteiger partial charge >= 0.3 is 0 Å². The molecule has 1 aromatic heterocycles. The Bertz CT molecular complexity index is 659. The van der Waals surface area contributed by atoms with Gasteiger partial charge in [0.1, 0.15) is 5.60 Å². The number of aromatic nitrogens is 2. The van der Waals surface area contributed by atoms with Crippen LogP contribution in [-0.4, -0.2) is 55.4 Å². The number of likely N-dealkylation sites (tertiary alicyclic amines) is 1. The molecule has 1 aliphatic heterocycles. The van der Waals surface area contributed by atoms with Crippen molar-refractivity contribution in [1.82, 2.24) is 14.5 Å². The van der Waals surface area contributed by atoms with Crippen LogP contribution in [0.1, 0.15) is 18.4 Å². The van der Waals surface area contributed by atoms with Gasteiger partial charge in [0, 0.05) is 25.4 Å². The van der Waals surface area contributed by atoms with E-state index < -0.39 is 11.7 Å². The Morgan fingerprint density at radius 1 is 1.33 bits per heavy atom. The Balaban J connectivity index is 1.60. The normalized spacial score (nSPS) is 24.1. The SMILES string of the molecule is O=C(CCc1ccccc1)N1CC[C@@H](O)[C@](O)(Cn2ccnc2)C1. The number of carbonyl (C=O) groups excluding carboxylic acids is 1. The molecule has 2 aromatic rings. The average Bonchev–Trinajstić information content (AvgIpc) is 3.09. The number of aryl methyl sites for hydroxylation is 1. The standard InChI is InChI=1S/C18H23N3O3/c22-16-8-10-21(13-18(16,24)12-20-11-9-19-14-20)17(23)7-6-15-4-2-1-3-5-15/h1-5,9,11,14,16,22,24H,6-8,10,12-13H2/t16-,18+/m1/s1. The predicted molar refractivity (Wildman–Crippen MR) is 89.1 cm³/mol. The van der Waals surface area contributed by atoms with E-state index in [-0.39, 0.29) is 19.0 Å². The van der Waals surface area contributed by atoms with E-state index in [0.29, 0.717) is 25.8 Å². The Labute approximate surface area is 141 Å². The topological polar surface area (TPSA) is 78.6 Å². The summed E-state index contributed by atoms with van der Waals surface area (Å²) in [5, 5.41) is 21.0. The summed E-state index contributed by atoms with van der Waals surface area (Å²) >= 11 is 0. The molecule has 2 N–H and O–H groups in total. The zero-order valence-corrected chi connectivity index (χ0v) is 13.6. The monoisotopic (exact) mass is 329 g/mol. The molecular weight excluding hydrogens is 306 g/mol. The molecule has 6 heteroatoms. The molecule has 0 bridgehead atoms. The van der Waals surface area contributed by atoms with E-state index in [0.717, 1.165) is 5.56 Å². The van der Waals surface area contributed by atoms with Gasteiger partial charge in [-0.15, -0.1) is 0 Å². The van der Waals surface area contributed by atoms with Crippen LogP contribution in [0.15, 0.2) is 49.1 Å². The Hall–Kier alpha value is -2.18. The number of amides is 1. The molecule has 3 rings (SSSR count). The zero-order chi connectivity index (χ0) is 17.0. The van der Waals surface area contributed by atoms with Gasteiger partial charge in [-0.25, -0.2) is 4.98 Å². The first-order valence-corrected chi connectivity index (χ1v) is 8.25. The highest BCUT2D eigenvalue weighted by atomic mass is 16.3. The number of β-amino-alcohol motifs (C(OH)–C–C–N with tert-alkyl or cyclic N) is 1. The number of aliphatic hydroxyl groups is 2. The number of imidazole rings is 1. The van der Waals surface area contributed by atoms with Crippen molar-refractivity contribution in [2.45, 2.75) is 37.5 Å². The maximum Gasteiger partial charge on any atom is 0.223 e. The number of hydrogen-bond donors (Lipinski definition) is 2. The Kier molecular flexibility index (Phi) is 4.97. The molecule has 0 unspecified atom stereocenters. The molecular formula is C18H23N3O3. The highest BCUT2D eigenvalue weighted by Crippen LogP contribution is 2.24. The summed E-state index contributed by atoms with van der Waals surface area (Å²) in [6, 6.07) is 9.88. The van der Waals surface area contributed by atoms with Crippen molar-refractivity contribution in [3.63, 3.8) is 0 Å². The van der Waals surface area contributed by atoms with Crippen LogP contribution in [-0.2, 0) is 17.8 Å². The fraction of sp³-hybridized carbons (Fsp3) is 0.444. The molecule has 1 saturated heterocycles. The van der Waals surface area contributed by atoms with Crippen LogP contribution in [0.3, 0.4) is 0 Å². The summed E-state index contributed by atoms with van der Waals surface area (Å²) in [6.07, 6.45) is 5.57. The molecule has 0 radical (unpaired) electrons. The molecule has 0 saturated carbocycles. The molecule has 6 nitrogen and oxygen atoms in total. The Morgan fingerprint density at radius 2 is 2.12 bits per heavy atom. The van der Waals surface area contributed by atoms with Gasteiger partial charge in [-0.1, -0.05) is 30.3 Å². The number of piperidine rings is 1. The summed E-state index contributed by atoms with van der Waals surface area (Å²) in [6.45, 7) is 0.831. The fourth-order valence-corrected chi connectivity index (χ4v) is 3.18. The second-order valence-corrected chi connectivity index (χ2v) is 6.44. The molecule has 128 valence electrons. The lowest BCUT2D eigenvalue weighted by molar-refractivity contribution is -0.154. The molecule has 1 aromatic carbocycles. The minimum atomic E-state index is -1.35. The number of carbonyl (C=O) groups is 1. The number of hydrogen-bond acceptors (Lipinski definition) is 4. The van der Waals surface area contributed by atoms with Crippen LogP contribution < -0.4 is 0 Å². The molecule has 0 spiro atoms. The van der Waals surface area contributed by atoms with Gasteiger partial charge in [0.15, 0.2) is 0 Å². The van der Waals surface area contributed by atoms with Crippen molar-refractivity contribution in [2.24, 2.45) is 0 Å². The van der Waals surface area contributed by atoms with Crippen LogP contribution in [0.4, 0.5) is 0 Å². The van der Waals surface area contributed by atoms with Crippen LogP contribution in [0.25, 0.3) is 0 Å². The molecule has 1 amide bonds. The maximum atomic E-state index is 12.5. The van der Waals surface area contributed by atoms with Crippen LogP contribution in [0.2, 0.25) is 0 Å².